The molecule has 0 saturated carbocycles. The molecular formula is C12H24ClNO3S. The first-order valence-electron chi connectivity index (χ1n) is 6.56. The van der Waals surface area contributed by atoms with E-state index in [1.807, 2.05) is 20.8 Å². The van der Waals surface area contributed by atoms with Crippen LogP contribution in [0.3, 0.4) is 0 Å². The number of alkyl halides is 1. The Bertz CT molecular complexity index is 335. The highest BCUT2D eigenvalue weighted by atomic mass is 35.5. The highest BCUT2D eigenvalue weighted by Gasteiger charge is 2.29. The number of sulfonamides is 1. The molecule has 0 aliphatic carbocycles. The predicted molar refractivity (Wildman–Crippen MR) is 74.5 cm³/mol. The van der Waals surface area contributed by atoms with Gasteiger partial charge in [-0.2, -0.15) is 0 Å². The van der Waals surface area contributed by atoms with Gasteiger partial charge in [-0.15, -0.1) is 11.6 Å². The first kappa shape index (κ1) is 16.2. The molecule has 1 heterocycles. The van der Waals surface area contributed by atoms with Crippen LogP contribution in [0, 0.1) is 5.92 Å². The van der Waals surface area contributed by atoms with Crippen LogP contribution in [0.4, 0.5) is 0 Å². The molecule has 0 N–H and O–H groups in total. The summed E-state index contributed by atoms with van der Waals surface area (Å²) in [5, 5.41) is 0.124. The molecular weight excluding hydrogens is 274 g/mol. The van der Waals surface area contributed by atoms with E-state index in [4.69, 9.17) is 16.3 Å². The molecule has 0 amide bonds. The fourth-order valence-corrected chi connectivity index (χ4v) is 3.72. The molecule has 1 unspecified atom stereocenters. The molecule has 0 radical (unpaired) electrons. The van der Waals surface area contributed by atoms with Crippen molar-refractivity contribution in [1.82, 2.24) is 4.31 Å². The smallest absolute Gasteiger partial charge is 0.216 e. The number of rotatable bonds is 6. The Labute approximate surface area is 116 Å². The fourth-order valence-electron chi connectivity index (χ4n) is 2.13. The molecule has 0 spiro atoms. The summed E-state index contributed by atoms with van der Waals surface area (Å²) in [5.74, 6) is 0.511. The lowest BCUT2D eigenvalue weighted by Crippen LogP contribution is -2.41. The van der Waals surface area contributed by atoms with Crippen molar-refractivity contribution in [3.63, 3.8) is 0 Å². The molecule has 1 aliphatic heterocycles. The summed E-state index contributed by atoms with van der Waals surface area (Å²) in [5.41, 5.74) is 0. The zero-order chi connectivity index (χ0) is 13.8. The Kier molecular flexibility index (Phi) is 6.38. The number of hydrogen-bond acceptors (Lipinski definition) is 3. The summed E-state index contributed by atoms with van der Waals surface area (Å²) in [4.78, 5) is 0. The van der Waals surface area contributed by atoms with Gasteiger partial charge in [0.2, 0.25) is 10.0 Å². The molecule has 6 heteroatoms. The Hall–Kier alpha value is 0.160. The van der Waals surface area contributed by atoms with E-state index in [0.29, 0.717) is 19.0 Å². The molecule has 1 rings (SSSR count). The van der Waals surface area contributed by atoms with Crippen LogP contribution >= 0.6 is 11.6 Å². The standard InChI is InChI=1S/C12H24ClNO3S/c1-10(2)17-8-9-18(15,16)14-6-4-12(5-7-14)11(3)13/h10-12H,4-9H2,1-3H3. The minimum Gasteiger partial charge on any atom is -0.378 e. The van der Waals surface area contributed by atoms with Gasteiger partial charge >= 0.3 is 0 Å². The van der Waals surface area contributed by atoms with Crippen LogP contribution in [-0.2, 0) is 14.8 Å². The van der Waals surface area contributed by atoms with Crippen LogP contribution < -0.4 is 0 Å². The van der Waals surface area contributed by atoms with Crippen molar-refractivity contribution >= 4 is 21.6 Å². The normalized spacial score (nSPS) is 21.4. The van der Waals surface area contributed by atoms with Crippen LogP contribution in [-0.4, -0.2) is 49.7 Å². The summed E-state index contributed by atoms with van der Waals surface area (Å²) in [6.07, 6.45) is 1.78. The molecule has 18 heavy (non-hydrogen) atoms. The van der Waals surface area contributed by atoms with Crippen molar-refractivity contribution in [2.24, 2.45) is 5.92 Å². The van der Waals surface area contributed by atoms with E-state index >= 15 is 0 Å². The molecule has 0 aromatic rings. The second kappa shape index (κ2) is 7.08. The molecule has 0 bridgehead atoms. The largest absolute Gasteiger partial charge is 0.378 e. The minimum atomic E-state index is -3.16. The fraction of sp³-hybridized carbons (Fsp3) is 1.00. The van der Waals surface area contributed by atoms with Crippen molar-refractivity contribution in [3.05, 3.63) is 0 Å². The van der Waals surface area contributed by atoms with Gasteiger partial charge in [-0.05, 0) is 39.5 Å². The zero-order valence-electron chi connectivity index (χ0n) is 11.4. The third kappa shape index (κ3) is 5.03. The average Bonchev–Trinajstić information content (AvgIpc) is 2.28. The second-order valence-corrected chi connectivity index (χ2v) is 7.93. The van der Waals surface area contributed by atoms with Crippen molar-refractivity contribution in [2.45, 2.75) is 45.1 Å². The van der Waals surface area contributed by atoms with Gasteiger partial charge in [0.15, 0.2) is 0 Å². The van der Waals surface area contributed by atoms with E-state index in [-0.39, 0.29) is 23.8 Å². The van der Waals surface area contributed by atoms with Crippen molar-refractivity contribution in [1.29, 1.82) is 0 Å². The summed E-state index contributed by atoms with van der Waals surface area (Å²) in [6, 6.07) is 0. The maximum absolute atomic E-state index is 12.1. The van der Waals surface area contributed by atoms with Crippen molar-refractivity contribution in [2.75, 3.05) is 25.4 Å². The summed E-state index contributed by atoms with van der Waals surface area (Å²) >= 11 is 6.05. The van der Waals surface area contributed by atoms with E-state index in [0.717, 1.165) is 12.8 Å². The predicted octanol–water partition coefficient (Wildman–Crippen LogP) is 2.08. The van der Waals surface area contributed by atoms with Crippen LogP contribution in [0.2, 0.25) is 0 Å². The number of halogens is 1. The highest BCUT2D eigenvalue weighted by Crippen LogP contribution is 2.25. The minimum absolute atomic E-state index is 0.0723. The lowest BCUT2D eigenvalue weighted by atomic mass is 9.95. The van der Waals surface area contributed by atoms with Gasteiger partial charge < -0.3 is 4.74 Å². The topological polar surface area (TPSA) is 46.6 Å². The molecule has 1 saturated heterocycles. The van der Waals surface area contributed by atoms with Gasteiger partial charge in [-0.1, -0.05) is 0 Å². The first-order valence-corrected chi connectivity index (χ1v) is 8.61. The Morgan fingerprint density at radius 1 is 1.28 bits per heavy atom. The Morgan fingerprint density at radius 2 is 1.83 bits per heavy atom. The second-order valence-electron chi connectivity index (χ2n) is 5.15. The molecule has 1 atom stereocenters. The van der Waals surface area contributed by atoms with Gasteiger partial charge in [0.25, 0.3) is 0 Å². The average molecular weight is 298 g/mol. The third-order valence-electron chi connectivity index (χ3n) is 3.33. The van der Waals surface area contributed by atoms with Crippen LogP contribution in [0.15, 0.2) is 0 Å². The van der Waals surface area contributed by atoms with E-state index in [9.17, 15) is 8.42 Å². The molecule has 4 nitrogen and oxygen atoms in total. The summed E-state index contributed by atoms with van der Waals surface area (Å²) in [6.45, 7) is 7.23. The molecule has 1 fully saturated rings. The summed E-state index contributed by atoms with van der Waals surface area (Å²) < 4.78 is 31.0. The van der Waals surface area contributed by atoms with Crippen molar-refractivity contribution in [3.8, 4) is 0 Å². The van der Waals surface area contributed by atoms with Gasteiger partial charge in [-0.3, -0.25) is 0 Å². The number of nitrogens with zero attached hydrogens (tertiary/aromatic N) is 1. The van der Waals surface area contributed by atoms with Crippen LogP contribution in [0.1, 0.15) is 33.6 Å². The van der Waals surface area contributed by atoms with Gasteiger partial charge in [-0.25, -0.2) is 12.7 Å². The number of hydrogen-bond donors (Lipinski definition) is 0. The van der Waals surface area contributed by atoms with E-state index in [1.165, 1.54) is 0 Å². The number of piperidine rings is 1. The van der Waals surface area contributed by atoms with E-state index in [1.54, 1.807) is 4.31 Å². The van der Waals surface area contributed by atoms with Crippen LogP contribution in [0.5, 0.6) is 0 Å². The Morgan fingerprint density at radius 3 is 2.28 bits per heavy atom. The Balaban J connectivity index is 2.40. The maximum Gasteiger partial charge on any atom is 0.216 e. The van der Waals surface area contributed by atoms with Gasteiger partial charge in [0.05, 0.1) is 18.5 Å². The quantitative estimate of drug-likeness (QED) is 0.705. The SMILES string of the molecule is CC(C)OCCS(=O)(=O)N1CCC(C(C)Cl)CC1. The lowest BCUT2D eigenvalue weighted by molar-refractivity contribution is 0.0905. The lowest BCUT2D eigenvalue weighted by Gasteiger charge is -2.32. The highest BCUT2D eigenvalue weighted by molar-refractivity contribution is 7.89. The first-order chi connectivity index (χ1) is 8.33. The monoisotopic (exact) mass is 297 g/mol. The zero-order valence-corrected chi connectivity index (χ0v) is 13.0. The molecule has 0 aromatic carbocycles. The maximum atomic E-state index is 12.1. The van der Waals surface area contributed by atoms with Gasteiger partial charge in [0, 0.05) is 18.5 Å². The molecule has 1 aliphatic rings. The third-order valence-corrected chi connectivity index (χ3v) is 5.52. The van der Waals surface area contributed by atoms with E-state index < -0.39 is 10.0 Å². The molecule has 0 aromatic heterocycles. The van der Waals surface area contributed by atoms with Gasteiger partial charge in [0.1, 0.15) is 0 Å². The summed E-state index contributed by atoms with van der Waals surface area (Å²) in [7, 11) is -3.16. The molecule has 108 valence electrons. The number of ether oxygens (including phenoxy) is 1. The van der Waals surface area contributed by atoms with E-state index in [2.05, 4.69) is 0 Å². The van der Waals surface area contributed by atoms with Crippen LogP contribution in [0.25, 0.3) is 0 Å². The van der Waals surface area contributed by atoms with Crippen molar-refractivity contribution < 1.29 is 13.2 Å².